The summed E-state index contributed by atoms with van der Waals surface area (Å²) < 4.78 is 0.583. The third-order valence-electron chi connectivity index (χ3n) is 1.12. The van der Waals surface area contributed by atoms with Crippen molar-refractivity contribution in [3.8, 4) is 0 Å². The molecule has 0 radical (unpaired) electrons. The Morgan fingerprint density at radius 3 is 2.91 bits per heavy atom. The molecule has 0 fully saturated rings. The van der Waals surface area contributed by atoms with Gasteiger partial charge in [-0.2, -0.15) is 0 Å². The molecule has 0 spiro atoms. The van der Waals surface area contributed by atoms with Crippen molar-refractivity contribution in [3.63, 3.8) is 0 Å². The largest absolute Gasteiger partial charge is 0.396 e. The Hall–Kier alpha value is -0.610. The zero-order chi connectivity index (χ0) is 8.43. The van der Waals surface area contributed by atoms with Crippen LogP contribution in [0.3, 0.4) is 0 Å². The highest BCUT2D eigenvalue weighted by molar-refractivity contribution is 9.10. The molecule has 5 heteroatoms. The number of pyridine rings is 1. The number of hydrogen-bond acceptors (Lipinski definition) is 3. The molecule has 1 aromatic heterocycles. The topological polar surface area (TPSA) is 56.0 Å². The second-order valence-electron chi connectivity index (χ2n) is 1.84. The highest BCUT2D eigenvalue weighted by Crippen LogP contribution is 2.23. The summed E-state index contributed by atoms with van der Waals surface area (Å²) in [6.07, 6.45) is 0.561. The maximum absolute atomic E-state index is 10.3. The van der Waals surface area contributed by atoms with Crippen molar-refractivity contribution in [1.29, 1.82) is 0 Å². The van der Waals surface area contributed by atoms with E-state index >= 15 is 0 Å². The van der Waals surface area contributed by atoms with Gasteiger partial charge in [-0.15, -0.1) is 0 Å². The monoisotopic (exact) mass is 234 g/mol. The van der Waals surface area contributed by atoms with Gasteiger partial charge in [0.1, 0.15) is 10.8 Å². The summed E-state index contributed by atoms with van der Waals surface area (Å²) in [5.74, 6) is 0. The molecule has 0 aliphatic heterocycles. The molecular formula is C6H4BrClN2O. The van der Waals surface area contributed by atoms with Crippen LogP contribution in [-0.2, 0) is 0 Å². The Labute approximate surface area is 76.7 Å². The third kappa shape index (κ3) is 1.70. The molecule has 2 N–H and O–H groups in total. The van der Waals surface area contributed by atoms with E-state index in [0.717, 1.165) is 0 Å². The van der Waals surface area contributed by atoms with Crippen molar-refractivity contribution in [2.24, 2.45) is 0 Å². The Kier molecular flexibility index (Phi) is 2.46. The number of halogens is 2. The molecule has 0 aromatic carbocycles. The van der Waals surface area contributed by atoms with Crippen molar-refractivity contribution < 1.29 is 4.79 Å². The van der Waals surface area contributed by atoms with Gasteiger partial charge in [0.05, 0.1) is 5.69 Å². The first-order chi connectivity index (χ1) is 5.15. The van der Waals surface area contributed by atoms with Crippen LogP contribution in [0.4, 0.5) is 5.69 Å². The third-order valence-corrected chi connectivity index (χ3v) is 1.97. The second kappa shape index (κ2) is 3.19. The van der Waals surface area contributed by atoms with Crippen LogP contribution in [-0.4, -0.2) is 11.3 Å². The van der Waals surface area contributed by atoms with Gasteiger partial charge in [-0.1, -0.05) is 11.6 Å². The standard InChI is InChI=1S/C6H4BrClN2O/c7-3-1-5(8)10-4(2-11)6(3)9/h1-2H,9H2. The molecule has 1 rings (SSSR count). The minimum absolute atomic E-state index is 0.157. The minimum Gasteiger partial charge on any atom is -0.396 e. The van der Waals surface area contributed by atoms with Gasteiger partial charge in [0.15, 0.2) is 6.29 Å². The van der Waals surface area contributed by atoms with E-state index in [1.54, 1.807) is 0 Å². The number of hydrogen-bond donors (Lipinski definition) is 1. The van der Waals surface area contributed by atoms with Gasteiger partial charge in [-0.05, 0) is 22.0 Å². The highest BCUT2D eigenvalue weighted by atomic mass is 79.9. The van der Waals surface area contributed by atoms with Crippen LogP contribution in [0.15, 0.2) is 10.5 Å². The fourth-order valence-corrected chi connectivity index (χ4v) is 1.35. The molecule has 0 aliphatic carbocycles. The van der Waals surface area contributed by atoms with Gasteiger partial charge in [-0.3, -0.25) is 4.79 Å². The number of carbonyl (C=O) groups excluding carboxylic acids is 1. The molecule has 1 heterocycles. The summed E-state index contributed by atoms with van der Waals surface area (Å²) in [6, 6.07) is 1.53. The minimum atomic E-state index is 0.157. The average molecular weight is 235 g/mol. The number of nitrogens with zero attached hydrogens (tertiary/aromatic N) is 1. The lowest BCUT2D eigenvalue weighted by Gasteiger charge is -2.00. The fourth-order valence-electron chi connectivity index (χ4n) is 0.602. The Balaban J connectivity index is 3.35. The first-order valence-corrected chi connectivity index (χ1v) is 3.89. The summed E-state index contributed by atoms with van der Waals surface area (Å²) >= 11 is 8.67. The highest BCUT2D eigenvalue weighted by Gasteiger charge is 2.04. The molecule has 0 aliphatic rings. The van der Waals surface area contributed by atoms with E-state index in [4.69, 9.17) is 17.3 Å². The molecular weight excluding hydrogens is 231 g/mol. The van der Waals surface area contributed by atoms with Crippen molar-refractivity contribution in [2.45, 2.75) is 0 Å². The predicted octanol–water partition coefficient (Wildman–Crippen LogP) is 1.89. The molecule has 3 nitrogen and oxygen atoms in total. The van der Waals surface area contributed by atoms with E-state index in [1.807, 2.05) is 0 Å². The van der Waals surface area contributed by atoms with E-state index in [1.165, 1.54) is 6.07 Å². The number of aromatic nitrogens is 1. The molecule has 0 amide bonds. The van der Waals surface area contributed by atoms with Crippen molar-refractivity contribution in [3.05, 3.63) is 21.4 Å². The summed E-state index contributed by atoms with van der Waals surface area (Å²) in [6.45, 7) is 0. The summed E-state index contributed by atoms with van der Waals surface area (Å²) in [5.41, 5.74) is 5.93. The van der Waals surface area contributed by atoms with Crippen LogP contribution in [0, 0.1) is 0 Å². The second-order valence-corrected chi connectivity index (χ2v) is 3.09. The van der Waals surface area contributed by atoms with E-state index in [0.29, 0.717) is 16.4 Å². The fraction of sp³-hybridized carbons (Fsp3) is 0. The van der Waals surface area contributed by atoms with Crippen molar-refractivity contribution in [1.82, 2.24) is 4.98 Å². The zero-order valence-corrected chi connectivity index (χ0v) is 7.69. The lowest BCUT2D eigenvalue weighted by Crippen LogP contribution is -1.97. The molecule has 11 heavy (non-hydrogen) atoms. The lowest BCUT2D eigenvalue weighted by atomic mass is 10.3. The Morgan fingerprint density at radius 2 is 2.36 bits per heavy atom. The maximum Gasteiger partial charge on any atom is 0.170 e. The quantitative estimate of drug-likeness (QED) is 0.597. The number of carbonyl (C=O) groups is 1. The number of rotatable bonds is 1. The maximum atomic E-state index is 10.3. The summed E-state index contributed by atoms with van der Waals surface area (Å²) in [7, 11) is 0. The molecule has 58 valence electrons. The molecule has 0 saturated carbocycles. The average Bonchev–Trinajstić information content (AvgIpc) is 1.96. The van der Waals surface area contributed by atoms with Crippen LogP contribution < -0.4 is 5.73 Å². The Bertz CT molecular complexity index is 303. The van der Waals surface area contributed by atoms with Gasteiger partial charge < -0.3 is 5.73 Å². The molecule has 1 aromatic rings. The summed E-state index contributed by atoms with van der Waals surface area (Å²) in [4.78, 5) is 14.0. The lowest BCUT2D eigenvalue weighted by molar-refractivity contribution is 0.112. The smallest absolute Gasteiger partial charge is 0.170 e. The first-order valence-electron chi connectivity index (χ1n) is 2.72. The SMILES string of the molecule is Nc1c(Br)cc(Cl)nc1C=O. The van der Waals surface area contributed by atoms with Crippen LogP contribution in [0.25, 0.3) is 0 Å². The number of anilines is 1. The molecule has 0 bridgehead atoms. The van der Waals surface area contributed by atoms with Gasteiger partial charge in [0.2, 0.25) is 0 Å². The van der Waals surface area contributed by atoms with Gasteiger partial charge in [-0.25, -0.2) is 4.98 Å². The predicted molar refractivity (Wildman–Crippen MR) is 46.7 cm³/mol. The molecule has 0 unspecified atom stereocenters. The normalized spacial score (nSPS) is 9.64. The number of nitrogen functional groups attached to an aromatic ring is 1. The van der Waals surface area contributed by atoms with Gasteiger partial charge in [0.25, 0.3) is 0 Å². The first kappa shape index (κ1) is 8.49. The van der Waals surface area contributed by atoms with Crippen LogP contribution in [0.2, 0.25) is 5.15 Å². The number of nitrogens with two attached hydrogens (primary N) is 1. The van der Waals surface area contributed by atoms with E-state index < -0.39 is 0 Å². The molecule has 0 saturated heterocycles. The van der Waals surface area contributed by atoms with E-state index in [-0.39, 0.29) is 10.8 Å². The van der Waals surface area contributed by atoms with Crippen molar-refractivity contribution in [2.75, 3.05) is 5.73 Å². The van der Waals surface area contributed by atoms with Crippen LogP contribution in [0.5, 0.6) is 0 Å². The van der Waals surface area contributed by atoms with Crippen LogP contribution in [0.1, 0.15) is 10.5 Å². The van der Waals surface area contributed by atoms with E-state index in [9.17, 15) is 4.79 Å². The molecule has 0 atom stereocenters. The zero-order valence-electron chi connectivity index (χ0n) is 5.34. The number of aldehydes is 1. The van der Waals surface area contributed by atoms with Crippen LogP contribution >= 0.6 is 27.5 Å². The van der Waals surface area contributed by atoms with Gasteiger partial charge in [0, 0.05) is 4.47 Å². The summed E-state index contributed by atoms with van der Waals surface area (Å²) in [5, 5.41) is 0.244. The van der Waals surface area contributed by atoms with Gasteiger partial charge >= 0.3 is 0 Å². The van der Waals surface area contributed by atoms with E-state index in [2.05, 4.69) is 20.9 Å². The Morgan fingerprint density at radius 1 is 1.73 bits per heavy atom. The van der Waals surface area contributed by atoms with Crippen molar-refractivity contribution >= 4 is 39.5 Å².